The second-order valence-electron chi connectivity index (χ2n) is 4.21. The van der Waals surface area contributed by atoms with Crippen LogP contribution in [0.4, 0.5) is 10.1 Å². The average molecular weight is 296 g/mol. The molecule has 2 rings (SSSR count). The Labute approximate surface area is 119 Å². The van der Waals surface area contributed by atoms with Crippen LogP contribution < -0.4 is 4.74 Å². The van der Waals surface area contributed by atoms with Gasteiger partial charge in [0.15, 0.2) is 0 Å². The molecule has 0 aliphatic heterocycles. The lowest BCUT2D eigenvalue weighted by molar-refractivity contribution is -0.387. The van der Waals surface area contributed by atoms with Gasteiger partial charge in [-0.3, -0.25) is 10.1 Å². The maximum atomic E-state index is 13.8. The summed E-state index contributed by atoms with van der Waals surface area (Å²) in [6.07, 6.45) is 0. The molecule has 104 valence electrons. The van der Waals surface area contributed by atoms with Gasteiger partial charge in [-0.25, -0.2) is 0 Å². The Morgan fingerprint density at radius 3 is 2.75 bits per heavy atom. The zero-order chi connectivity index (χ0) is 14.7. The summed E-state index contributed by atoms with van der Waals surface area (Å²) in [6.45, 7) is 1.72. The van der Waals surface area contributed by atoms with Gasteiger partial charge in [-0.15, -0.1) is 0 Å². The molecule has 4 nitrogen and oxygen atoms in total. The minimum atomic E-state index is -0.871. The molecule has 0 saturated carbocycles. The zero-order valence-electron chi connectivity index (χ0n) is 10.6. The SMILES string of the molecule is Cc1cc(Cl)ccc1OCc1cccc([N+](=O)[O-])c1F. The Bertz CT molecular complexity index is 661. The Morgan fingerprint density at radius 2 is 2.10 bits per heavy atom. The Hall–Kier alpha value is -2.14. The molecule has 0 fully saturated rings. The third-order valence-corrected chi connectivity index (χ3v) is 3.01. The van der Waals surface area contributed by atoms with Crippen molar-refractivity contribution in [2.45, 2.75) is 13.5 Å². The molecular formula is C14H11ClFNO3. The summed E-state index contributed by atoms with van der Waals surface area (Å²) in [5, 5.41) is 11.2. The lowest BCUT2D eigenvalue weighted by Crippen LogP contribution is -2.02. The smallest absolute Gasteiger partial charge is 0.305 e. The number of hydrogen-bond donors (Lipinski definition) is 0. The summed E-state index contributed by atoms with van der Waals surface area (Å²) in [5.41, 5.74) is 0.385. The first kappa shape index (κ1) is 14.3. The summed E-state index contributed by atoms with van der Waals surface area (Å²) in [6, 6.07) is 9.05. The molecule has 0 amide bonds. The van der Waals surface area contributed by atoms with Crippen LogP contribution in [0.1, 0.15) is 11.1 Å². The summed E-state index contributed by atoms with van der Waals surface area (Å²) >= 11 is 5.82. The predicted octanol–water partition coefficient (Wildman–Crippen LogP) is 4.27. The third kappa shape index (κ3) is 3.05. The number of rotatable bonds is 4. The third-order valence-electron chi connectivity index (χ3n) is 2.78. The van der Waals surface area contributed by atoms with Gasteiger partial charge in [0.25, 0.3) is 0 Å². The molecule has 0 spiro atoms. The van der Waals surface area contributed by atoms with Crippen molar-refractivity contribution in [3.05, 3.63) is 68.5 Å². The molecule has 20 heavy (non-hydrogen) atoms. The average Bonchev–Trinajstić information content (AvgIpc) is 2.39. The highest BCUT2D eigenvalue weighted by molar-refractivity contribution is 6.30. The van der Waals surface area contributed by atoms with E-state index in [1.165, 1.54) is 12.1 Å². The highest BCUT2D eigenvalue weighted by atomic mass is 35.5. The molecule has 0 bridgehead atoms. The Balaban J connectivity index is 2.19. The van der Waals surface area contributed by atoms with Crippen molar-refractivity contribution in [1.29, 1.82) is 0 Å². The van der Waals surface area contributed by atoms with E-state index in [4.69, 9.17) is 16.3 Å². The van der Waals surface area contributed by atoms with Crippen molar-refractivity contribution in [2.24, 2.45) is 0 Å². The van der Waals surface area contributed by atoms with Crippen LogP contribution in [0.5, 0.6) is 5.75 Å². The predicted molar refractivity (Wildman–Crippen MR) is 73.6 cm³/mol. The van der Waals surface area contributed by atoms with E-state index in [0.29, 0.717) is 10.8 Å². The van der Waals surface area contributed by atoms with Crippen LogP contribution in [0.3, 0.4) is 0 Å². The summed E-state index contributed by atoms with van der Waals surface area (Å²) < 4.78 is 19.3. The van der Waals surface area contributed by atoms with Crippen molar-refractivity contribution in [2.75, 3.05) is 0 Å². The monoisotopic (exact) mass is 295 g/mol. The van der Waals surface area contributed by atoms with E-state index in [0.717, 1.165) is 11.6 Å². The fourth-order valence-electron chi connectivity index (χ4n) is 1.75. The standard InChI is InChI=1S/C14H11ClFNO3/c1-9-7-11(15)5-6-13(9)20-8-10-3-2-4-12(14(10)16)17(18)19/h2-7H,8H2,1H3. The minimum Gasteiger partial charge on any atom is -0.489 e. The first-order valence-electron chi connectivity index (χ1n) is 5.80. The first-order valence-corrected chi connectivity index (χ1v) is 6.17. The summed E-state index contributed by atoms with van der Waals surface area (Å²) in [7, 11) is 0. The van der Waals surface area contributed by atoms with Crippen molar-refractivity contribution in [1.82, 2.24) is 0 Å². The molecule has 0 radical (unpaired) electrons. The topological polar surface area (TPSA) is 52.4 Å². The number of nitro benzene ring substituents is 1. The second-order valence-corrected chi connectivity index (χ2v) is 4.64. The minimum absolute atomic E-state index is 0.0873. The Kier molecular flexibility index (Phi) is 4.20. The Morgan fingerprint density at radius 1 is 1.35 bits per heavy atom. The fraction of sp³-hybridized carbons (Fsp3) is 0.143. The van der Waals surface area contributed by atoms with E-state index >= 15 is 0 Å². The molecule has 0 atom stereocenters. The molecule has 0 aliphatic carbocycles. The molecule has 0 aliphatic rings. The van der Waals surface area contributed by atoms with E-state index in [1.807, 2.05) is 6.92 Å². The van der Waals surface area contributed by atoms with Crippen LogP contribution in [-0.4, -0.2) is 4.92 Å². The van der Waals surface area contributed by atoms with Crippen LogP contribution >= 0.6 is 11.6 Å². The molecule has 6 heteroatoms. The van der Waals surface area contributed by atoms with Crippen LogP contribution in [0.2, 0.25) is 5.02 Å². The van der Waals surface area contributed by atoms with E-state index in [-0.39, 0.29) is 12.2 Å². The summed E-state index contributed by atoms with van der Waals surface area (Å²) in [5.74, 6) is -0.315. The lowest BCUT2D eigenvalue weighted by Gasteiger charge is -2.10. The van der Waals surface area contributed by atoms with Crippen molar-refractivity contribution in [3.63, 3.8) is 0 Å². The molecular weight excluding hydrogens is 285 g/mol. The molecule has 0 unspecified atom stereocenters. The maximum absolute atomic E-state index is 13.8. The normalized spacial score (nSPS) is 10.3. The van der Waals surface area contributed by atoms with Gasteiger partial charge in [0.05, 0.1) is 4.92 Å². The fourth-order valence-corrected chi connectivity index (χ4v) is 1.98. The van der Waals surface area contributed by atoms with E-state index in [9.17, 15) is 14.5 Å². The van der Waals surface area contributed by atoms with Crippen LogP contribution in [0.25, 0.3) is 0 Å². The number of aryl methyl sites for hydroxylation is 1. The lowest BCUT2D eigenvalue weighted by atomic mass is 10.2. The van der Waals surface area contributed by atoms with Gasteiger partial charge in [-0.1, -0.05) is 23.7 Å². The maximum Gasteiger partial charge on any atom is 0.305 e. The van der Waals surface area contributed by atoms with Gasteiger partial charge >= 0.3 is 5.69 Å². The van der Waals surface area contributed by atoms with Gasteiger partial charge in [0.2, 0.25) is 5.82 Å². The first-order chi connectivity index (χ1) is 9.49. The molecule has 2 aromatic carbocycles. The molecule has 0 aromatic heterocycles. The highest BCUT2D eigenvalue weighted by Crippen LogP contribution is 2.25. The van der Waals surface area contributed by atoms with Crippen LogP contribution in [0, 0.1) is 22.9 Å². The van der Waals surface area contributed by atoms with Gasteiger partial charge in [0.1, 0.15) is 12.4 Å². The summed E-state index contributed by atoms with van der Waals surface area (Å²) in [4.78, 5) is 9.89. The molecule has 0 saturated heterocycles. The zero-order valence-corrected chi connectivity index (χ0v) is 11.4. The van der Waals surface area contributed by atoms with Crippen molar-refractivity contribution < 1.29 is 14.1 Å². The van der Waals surface area contributed by atoms with Gasteiger partial charge in [0, 0.05) is 16.7 Å². The highest BCUT2D eigenvalue weighted by Gasteiger charge is 2.17. The van der Waals surface area contributed by atoms with Gasteiger partial charge in [-0.2, -0.15) is 4.39 Å². The number of hydrogen-bond acceptors (Lipinski definition) is 3. The quantitative estimate of drug-likeness (QED) is 0.625. The molecule has 0 heterocycles. The van der Waals surface area contributed by atoms with Crippen molar-refractivity contribution in [3.8, 4) is 5.75 Å². The van der Waals surface area contributed by atoms with Crippen LogP contribution in [0.15, 0.2) is 36.4 Å². The molecule has 2 aromatic rings. The largest absolute Gasteiger partial charge is 0.489 e. The second kappa shape index (κ2) is 5.88. The number of nitro groups is 1. The van der Waals surface area contributed by atoms with Gasteiger partial charge in [-0.05, 0) is 30.7 Å². The van der Waals surface area contributed by atoms with Gasteiger partial charge < -0.3 is 4.74 Å². The van der Waals surface area contributed by atoms with E-state index in [1.54, 1.807) is 18.2 Å². The number of ether oxygens (including phenoxy) is 1. The van der Waals surface area contributed by atoms with E-state index in [2.05, 4.69) is 0 Å². The molecule has 0 N–H and O–H groups in total. The number of nitrogens with zero attached hydrogens (tertiary/aromatic N) is 1. The number of halogens is 2. The van der Waals surface area contributed by atoms with Crippen molar-refractivity contribution >= 4 is 17.3 Å². The van der Waals surface area contributed by atoms with E-state index < -0.39 is 16.4 Å². The number of benzene rings is 2. The van der Waals surface area contributed by atoms with Crippen LogP contribution in [-0.2, 0) is 6.61 Å².